The number of hydrogen-bond donors (Lipinski definition) is 1. The Morgan fingerprint density at radius 1 is 1.12 bits per heavy atom. The van der Waals surface area contributed by atoms with E-state index in [-0.39, 0.29) is 0 Å². The standard InChI is InChI=1S/C21H25ClN2OS/c1-24(2)14-6-5-7-16(15-21(23)25)19-8-3-4-9-20(19)26-18-12-10-17(22)11-13-18/h3-4,8-13,15H,5-7,14H2,1-2H3,(H2,23,25). The van der Waals surface area contributed by atoms with Crippen LogP contribution in [0.1, 0.15) is 24.8 Å². The smallest absolute Gasteiger partial charge is 0.241 e. The fourth-order valence-corrected chi connectivity index (χ4v) is 3.76. The SMILES string of the molecule is CN(C)CCCCC(=CC(N)=O)c1ccccc1Sc1ccc(Cl)cc1. The molecule has 0 aromatic heterocycles. The molecule has 2 rings (SSSR count). The third-order valence-electron chi connectivity index (χ3n) is 3.89. The van der Waals surface area contributed by atoms with Gasteiger partial charge in [0.15, 0.2) is 0 Å². The lowest BCUT2D eigenvalue weighted by atomic mass is 9.99. The molecule has 3 nitrogen and oxygen atoms in total. The summed E-state index contributed by atoms with van der Waals surface area (Å²) >= 11 is 7.64. The van der Waals surface area contributed by atoms with Crippen LogP contribution in [0.5, 0.6) is 0 Å². The van der Waals surface area contributed by atoms with Crippen LogP contribution in [0.2, 0.25) is 5.02 Å². The number of unbranched alkanes of at least 4 members (excludes halogenated alkanes) is 1. The van der Waals surface area contributed by atoms with Gasteiger partial charge < -0.3 is 10.6 Å². The molecule has 2 N–H and O–H groups in total. The largest absolute Gasteiger partial charge is 0.366 e. The number of rotatable bonds is 9. The Morgan fingerprint density at radius 2 is 1.81 bits per heavy atom. The van der Waals surface area contributed by atoms with Gasteiger partial charge in [-0.1, -0.05) is 41.6 Å². The highest BCUT2D eigenvalue weighted by molar-refractivity contribution is 7.99. The molecule has 0 spiro atoms. The predicted molar refractivity (Wildman–Crippen MR) is 112 cm³/mol. The number of carbonyl (C=O) groups excluding carboxylic acids is 1. The summed E-state index contributed by atoms with van der Waals surface area (Å²) in [5, 5.41) is 0.720. The van der Waals surface area contributed by atoms with Gasteiger partial charge in [0.05, 0.1) is 0 Å². The van der Waals surface area contributed by atoms with Gasteiger partial charge in [-0.3, -0.25) is 4.79 Å². The fraction of sp³-hybridized carbons (Fsp3) is 0.286. The van der Waals surface area contributed by atoms with Crippen molar-refractivity contribution in [1.29, 1.82) is 0 Å². The van der Waals surface area contributed by atoms with Crippen molar-refractivity contribution < 1.29 is 4.79 Å². The number of halogens is 1. The van der Waals surface area contributed by atoms with Gasteiger partial charge in [-0.2, -0.15) is 0 Å². The van der Waals surface area contributed by atoms with E-state index in [9.17, 15) is 4.79 Å². The molecule has 2 aromatic rings. The lowest BCUT2D eigenvalue weighted by molar-refractivity contribution is -0.113. The summed E-state index contributed by atoms with van der Waals surface area (Å²) in [6, 6.07) is 15.9. The zero-order valence-corrected chi connectivity index (χ0v) is 16.8. The maximum atomic E-state index is 11.5. The van der Waals surface area contributed by atoms with Gasteiger partial charge >= 0.3 is 0 Å². The molecule has 0 radical (unpaired) electrons. The molecule has 0 bridgehead atoms. The van der Waals surface area contributed by atoms with Gasteiger partial charge in [-0.25, -0.2) is 0 Å². The zero-order chi connectivity index (χ0) is 18.9. The summed E-state index contributed by atoms with van der Waals surface area (Å²) in [7, 11) is 4.14. The molecule has 2 aromatic carbocycles. The Hall–Kier alpha value is -1.75. The number of benzene rings is 2. The molecule has 0 aliphatic carbocycles. The minimum atomic E-state index is -0.404. The van der Waals surface area contributed by atoms with Gasteiger partial charge in [0.2, 0.25) is 5.91 Å². The van der Waals surface area contributed by atoms with E-state index in [0.717, 1.165) is 51.8 Å². The molecule has 0 fully saturated rings. The van der Waals surface area contributed by atoms with Gasteiger partial charge in [0, 0.05) is 20.9 Å². The normalized spacial score (nSPS) is 11.8. The minimum Gasteiger partial charge on any atom is -0.366 e. The molecule has 0 unspecified atom stereocenters. The first-order chi connectivity index (χ1) is 12.5. The monoisotopic (exact) mass is 388 g/mol. The third kappa shape index (κ3) is 6.87. The molecule has 5 heteroatoms. The van der Waals surface area contributed by atoms with Crippen LogP contribution in [-0.4, -0.2) is 31.4 Å². The highest BCUT2D eigenvalue weighted by Crippen LogP contribution is 2.35. The van der Waals surface area contributed by atoms with Crippen LogP contribution in [-0.2, 0) is 4.79 Å². The second-order valence-corrected chi connectivity index (χ2v) is 7.94. The van der Waals surface area contributed by atoms with Gasteiger partial charge in [0.25, 0.3) is 0 Å². The van der Waals surface area contributed by atoms with Crippen molar-refractivity contribution in [2.45, 2.75) is 29.1 Å². The number of nitrogens with zero attached hydrogens (tertiary/aromatic N) is 1. The van der Waals surface area contributed by atoms with Crippen molar-refractivity contribution in [3.8, 4) is 0 Å². The second kappa shape index (κ2) is 10.4. The molecule has 138 valence electrons. The number of amides is 1. The number of allylic oxidation sites excluding steroid dienone is 1. The van der Waals surface area contributed by atoms with E-state index in [1.165, 1.54) is 0 Å². The van der Waals surface area contributed by atoms with Crippen molar-refractivity contribution in [1.82, 2.24) is 4.90 Å². The van der Waals surface area contributed by atoms with Crippen molar-refractivity contribution in [2.75, 3.05) is 20.6 Å². The number of primary amides is 1. The van der Waals surface area contributed by atoms with Crippen LogP contribution in [0.4, 0.5) is 0 Å². The summed E-state index contributed by atoms with van der Waals surface area (Å²) in [6.07, 6.45) is 4.48. The van der Waals surface area contributed by atoms with Crippen LogP contribution >= 0.6 is 23.4 Å². The van der Waals surface area contributed by atoms with E-state index in [2.05, 4.69) is 31.1 Å². The average Bonchev–Trinajstić information content (AvgIpc) is 2.60. The Kier molecular flexibility index (Phi) is 8.23. The average molecular weight is 389 g/mol. The summed E-state index contributed by atoms with van der Waals surface area (Å²) < 4.78 is 0. The molecule has 0 saturated carbocycles. The molecule has 0 aliphatic heterocycles. The molecule has 0 saturated heterocycles. The minimum absolute atomic E-state index is 0.404. The molecular formula is C21H25ClN2OS. The van der Waals surface area contributed by atoms with Crippen molar-refractivity contribution >= 4 is 34.8 Å². The topological polar surface area (TPSA) is 46.3 Å². The fourth-order valence-electron chi connectivity index (χ4n) is 2.65. The Labute approximate surface area is 165 Å². The molecule has 1 amide bonds. The lowest BCUT2D eigenvalue weighted by Gasteiger charge is -2.14. The summed E-state index contributed by atoms with van der Waals surface area (Å²) in [5.74, 6) is -0.404. The summed E-state index contributed by atoms with van der Waals surface area (Å²) in [4.78, 5) is 15.9. The number of carbonyl (C=O) groups is 1. The molecule has 0 atom stereocenters. The summed E-state index contributed by atoms with van der Waals surface area (Å²) in [6.45, 7) is 1.03. The first kappa shape index (κ1) is 20.6. The maximum Gasteiger partial charge on any atom is 0.241 e. The molecule has 26 heavy (non-hydrogen) atoms. The van der Waals surface area contributed by atoms with Crippen LogP contribution < -0.4 is 5.73 Å². The number of hydrogen-bond acceptors (Lipinski definition) is 3. The van der Waals surface area contributed by atoms with E-state index in [1.807, 2.05) is 36.4 Å². The Bertz CT molecular complexity index is 757. The first-order valence-corrected chi connectivity index (χ1v) is 9.82. The van der Waals surface area contributed by atoms with Crippen LogP contribution in [0.3, 0.4) is 0 Å². The summed E-state index contributed by atoms with van der Waals surface area (Å²) in [5.41, 5.74) is 7.52. The van der Waals surface area contributed by atoms with Crippen LogP contribution in [0, 0.1) is 0 Å². The second-order valence-electron chi connectivity index (χ2n) is 6.38. The van der Waals surface area contributed by atoms with Gasteiger partial charge in [-0.05, 0) is 81.4 Å². The highest BCUT2D eigenvalue weighted by atomic mass is 35.5. The Morgan fingerprint density at radius 3 is 2.46 bits per heavy atom. The van der Waals surface area contributed by atoms with E-state index in [4.69, 9.17) is 17.3 Å². The number of nitrogens with two attached hydrogens (primary N) is 1. The van der Waals surface area contributed by atoms with E-state index in [0.29, 0.717) is 0 Å². The van der Waals surface area contributed by atoms with Crippen molar-refractivity contribution in [3.63, 3.8) is 0 Å². The van der Waals surface area contributed by atoms with Crippen molar-refractivity contribution in [2.24, 2.45) is 5.73 Å². The maximum absolute atomic E-state index is 11.5. The van der Waals surface area contributed by atoms with Crippen LogP contribution in [0.25, 0.3) is 5.57 Å². The van der Waals surface area contributed by atoms with Gasteiger partial charge in [0.1, 0.15) is 0 Å². The first-order valence-electron chi connectivity index (χ1n) is 8.63. The molecular weight excluding hydrogens is 364 g/mol. The quantitative estimate of drug-likeness (QED) is 0.480. The predicted octanol–water partition coefficient (Wildman–Crippen LogP) is 5.09. The van der Waals surface area contributed by atoms with E-state index in [1.54, 1.807) is 17.8 Å². The van der Waals surface area contributed by atoms with E-state index < -0.39 is 5.91 Å². The zero-order valence-electron chi connectivity index (χ0n) is 15.2. The van der Waals surface area contributed by atoms with Crippen LogP contribution in [0.15, 0.2) is 64.4 Å². The molecule has 0 aliphatic rings. The molecule has 0 heterocycles. The lowest BCUT2D eigenvalue weighted by Crippen LogP contribution is -2.12. The Balaban J connectivity index is 2.21. The third-order valence-corrected chi connectivity index (χ3v) is 5.23. The van der Waals surface area contributed by atoms with Crippen molar-refractivity contribution in [3.05, 3.63) is 65.2 Å². The van der Waals surface area contributed by atoms with E-state index >= 15 is 0 Å². The van der Waals surface area contributed by atoms with Gasteiger partial charge in [-0.15, -0.1) is 0 Å². The highest BCUT2D eigenvalue weighted by Gasteiger charge is 2.10.